The predicted molar refractivity (Wildman–Crippen MR) is 56.8 cm³/mol. The van der Waals surface area contributed by atoms with E-state index in [1.807, 2.05) is 13.8 Å². The molecule has 0 spiro atoms. The zero-order valence-electron chi connectivity index (χ0n) is 9.36. The van der Waals surface area contributed by atoms with Crippen molar-refractivity contribution in [1.82, 2.24) is 9.97 Å². The van der Waals surface area contributed by atoms with Gasteiger partial charge in [0.1, 0.15) is 12.1 Å². The Bertz CT molecular complexity index is 337. The number of carbonyl (C=O) groups is 1. The van der Waals surface area contributed by atoms with Crippen LogP contribution in [-0.4, -0.2) is 22.9 Å². The fourth-order valence-corrected chi connectivity index (χ4v) is 1.36. The van der Waals surface area contributed by atoms with Crippen molar-refractivity contribution in [3.63, 3.8) is 0 Å². The minimum atomic E-state index is 0.182. The van der Waals surface area contributed by atoms with Gasteiger partial charge in [-0.05, 0) is 5.92 Å². The van der Waals surface area contributed by atoms with E-state index in [1.165, 1.54) is 6.33 Å². The third-order valence-electron chi connectivity index (χ3n) is 1.98. The Hall–Kier alpha value is -1.45. The summed E-state index contributed by atoms with van der Waals surface area (Å²) in [5.74, 6) is 1.14. The van der Waals surface area contributed by atoms with Gasteiger partial charge in [-0.2, -0.15) is 0 Å². The Morgan fingerprint density at radius 3 is 2.87 bits per heavy atom. The lowest BCUT2D eigenvalue weighted by Crippen LogP contribution is -2.09. The second-order valence-corrected chi connectivity index (χ2v) is 3.85. The van der Waals surface area contributed by atoms with E-state index in [0.717, 1.165) is 0 Å². The predicted octanol–water partition coefficient (Wildman–Crippen LogP) is 1.64. The van der Waals surface area contributed by atoms with Crippen molar-refractivity contribution in [2.45, 2.75) is 26.7 Å². The number of Topliss-reactive ketones (excluding diaryl/α,β-unsaturated/α-hetero) is 1. The molecule has 1 rings (SSSR count). The first-order valence-electron chi connectivity index (χ1n) is 4.98. The summed E-state index contributed by atoms with van der Waals surface area (Å²) in [6.45, 7) is 4.05. The molecule has 0 saturated carbocycles. The largest absolute Gasteiger partial charge is 0.493 e. The van der Waals surface area contributed by atoms with Gasteiger partial charge in [0.05, 0.1) is 25.4 Å². The lowest BCUT2D eigenvalue weighted by molar-refractivity contribution is -0.119. The molecule has 0 aliphatic heterocycles. The molecule has 1 heterocycles. The quantitative estimate of drug-likeness (QED) is 0.738. The van der Waals surface area contributed by atoms with Gasteiger partial charge in [0.15, 0.2) is 5.75 Å². The monoisotopic (exact) mass is 208 g/mol. The van der Waals surface area contributed by atoms with Crippen LogP contribution in [0.3, 0.4) is 0 Å². The summed E-state index contributed by atoms with van der Waals surface area (Å²) < 4.78 is 5.07. The van der Waals surface area contributed by atoms with Crippen LogP contribution in [0.25, 0.3) is 0 Å². The van der Waals surface area contributed by atoms with E-state index in [-0.39, 0.29) is 5.78 Å². The minimum absolute atomic E-state index is 0.182. The standard InChI is InChI=1S/C11H16N2O2/c1-8(2)4-9(14)5-10-11(15-3)6-12-7-13-10/h6-8H,4-5H2,1-3H3. The Labute approximate surface area is 89.7 Å². The van der Waals surface area contributed by atoms with Gasteiger partial charge in [-0.15, -0.1) is 0 Å². The van der Waals surface area contributed by atoms with Crippen LogP contribution in [0.2, 0.25) is 0 Å². The van der Waals surface area contributed by atoms with E-state index in [4.69, 9.17) is 4.74 Å². The normalized spacial score (nSPS) is 10.4. The molecule has 0 aliphatic rings. The third kappa shape index (κ3) is 3.65. The molecular formula is C11H16N2O2. The highest BCUT2D eigenvalue weighted by Crippen LogP contribution is 2.15. The molecule has 4 nitrogen and oxygen atoms in total. The molecule has 1 aromatic heterocycles. The van der Waals surface area contributed by atoms with Crippen molar-refractivity contribution in [2.75, 3.05) is 7.11 Å². The van der Waals surface area contributed by atoms with E-state index in [0.29, 0.717) is 30.2 Å². The van der Waals surface area contributed by atoms with Crippen LogP contribution in [-0.2, 0) is 11.2 Å². The van der Waals surface area contributed by atoms with Gasteiger partial charge in [0.25, 0.3) is 0 Å². The first-order chi connectivity index (χ1) is 7.13. The summed E-state index contributed by atoms with van der Waals surface area (Å²) in [4.78, 5) is 19.5. The molecule has 0 saturated heterocycles. The van der Waals surface area contributed by atoms with Crippen molar-refractivity contribution in [1.29, 1.82) is 0 Å². The SMILES string of the molecule is COc1cncnc1CC(=O)CC(C)C. The number of ether oxygens (including phenoxy) is 1. The Balaban J connectivity index is 2.67. The number of methoxy groups -OCH3 is 1. The molecule has 0 bridgehead atoms. The van der Waals surface area contributed by atoms with Crippen molar-refractivity contribution in [2.24, 2.45) is 5.92 Å². The number of hydrogen-bond acceptors (Lipinski definition) is 4. The summed E-state index contributed by atoms with van der Waals surface area (Å²) in [5, 5.41) is 0. The first-order valence-corrected chi connectivity index (χ1v) is 4.98. The Morgan fingerprint density at radius 1 is 1.53 bits per heavy atom. The maximum Gasteiger partial charge on any atom is 0.159 e. The summed E-state index contributed by atoms with van der Waals surface area (Å²) in [5.41, 5.74) is 0.665. The summed E-state index contributed by atoms with van der Waals surface area (Å²) >= 11 is 0. The molecule has 0 aromatic carbocycles. The van der Waals surface area contributed by atoms with Crippen LogP contribution in [0.15, 0.2) is 12.5 Å². The smallest absolute Gasteiger partial charge is 0.159 e. The lowest BCUT2D eigenvalue weighted by atomic mass is 10.0. The highest BCUT2D eigenvalue weighted by Gasteiger charge is 2.11. The van der Waals surface area contributed by atoms with Crippen LogP contribution in [0, 0.1) is 5.92 Å². The molecule has 1 aromatic rings. The second kappa shape index (κ2) is 5.44. The molecule has 0 N–H and O–H groups in total. The number of carbonyl (C=O) groups excluding carboxylic acids is 1. The van der Waals surface area contributed by atoms with Gasteiger partial charge in [0.2, 0.25) is 0 Å². The molecule has 0 amide bonds. The molecule has 0 unspecified atom stereocenters. The summed E-state index contributed by atoms with van der Waals surface area (Å²) in [6.07, 6.45) is 3.91. The maximum absolute atomic E-state index is 11.6. The zero-order valence-corrected chi connectivity index (χ0v) is 9.36. The van der Waals surface area contributed by atoms with Crippen molar-refractivity contribution in [3.8, 4) is 5.75 Å². The van der Waals surface area contributed by atoms with Gasteiger partial charge in [-0.1, -0.05) is 13.8 Å². The fraction of sp³-hybridized carbons (Fsp3) is 0.545. The number of rotatable bonds is 5. The van der Waals surface area contributed by atoms with Crippen LogP contribution in [0.5, 0.6) is 5.75 Å². The average Bonchev–Trinajstić information content (AvgIpc) is 2.17. The van der Waals surface area contributed by atoms with E-state index in [9.17, 15) is 4.79 Å². The highest BCUT2D eigenvalue weighted by atomic mass is 16.5. The lowest BCUT2D eigenvalue weighted by Gasteiger charge is -2.06. The summed E-state index contributed by atoms with van der Waals surface area (Å²) in [6, 6.07) is 0. The highest BCUT2D eigenvalue weighted by molar-refractivity contribution is 5.81. The van der Waals surface area contributed by atoms with Gasteiger partial charge >= 0.3 is 0 Å². The first kappa shape index (κ1) is 11.6. The fourth-order valence-electron chi connectivity index (χ4n) is 1.36. The van der Waals surface area contributed by atoms with Crippen LogP contribution < -0.4 is 4.74 Å². The van der Waals surface area contributed by atoms with Crippen LogP contribution in [0.4, 0.5) is 0 Å². The molecule has 0 radical (unpaired) electrons. The molecule has 15 heavy (non-hydrogen) atoms. The molecular weight excluding hydrogens is 192 g/mol. The van der Waals surface area contributed by atoms with Gasteiger partial charge in [0, 0.05) is 6.42 Å². The van der Waals surface area contributed by atoms with Crippen molar-refractivity contribution >= 4 is 5.78 Å². The maximum atomic E-state index is 11.6. The van der Waals surface area contributed by atoms with Crippen LogP contribution >= 0.6 is 0 Å². The van der Waals surface area contributed by atoms with E-state index >= 15 is 0 Å². The van der Waals surface area contributed by atoms with E-state index < -0.39 is 0 Å². The molecule has 82 valence electrons. The van der Waals surface area contributed by atoms with Gasteiger partial charge in [-0.3, -0.25) is 4.79 Å². The Kier molecular flexibility index (Phi) is 4.21. The van der Waals surface area contributed by atoms with Crippen molar-refractivity contribution in [3.05, 3.63) is 18.2 Å². The third-order valence-corrected chi connectivity index (χ3v) is 1.98. The molecule has 0 aliphatic carbocycles. The zero-order chi connectivity index (χ0) is 11.3. The molecule has 0 fully saturated rings. The second-order valence-electron chi connectivity index (χ2n) is 3.85. The van der Waals surface area contributed by atoms with Gasteiger partial charge < -0.3 is 4.74 Å². The average molecular weight is 208 g/mol. The minimum Gasteiger partial charge on any atom is -0.493 e. The van der Waals surface area contributed by atoms with Crippen LogP contribution in [0.1, 0.15) is 26.0 Å². The number of nitrogens with zero attached hydrogens (tertiary/aromatic N) is 2. The number of aromatic nitrogens is 2. The summed E-state index contributed by atoms with van der Waals surface area (Å²) in [7, 11) is 1.55. The molecule has 0 atom stereocenters. The molecule has 4 heteroatoms. The number of ketones is 1. The Morgan fingerprint density at radius 2 is 2.27 bits per heavy atom. The van der Waals surface area contributed by atoms with Gasteiger partial charge in [-0.25, -0.2) is 9.97 Å². The topological polar surface area (TPSA) is 52.1 Å². The van der Waals surface area contributed by atoms with E-state index in [1.54, 1.807) is 13.3 Å². The number of hydrogen-bond donors (Lipinski definition) is 0. The van der Waals surface area contributed by atoms with E-state index in [2.05, 4.69) is 9.97 Å². The van der Waals surface area contributed by atoms with Crippen molar-refractivity contribution < 1.29 is 9.53 Å².